The van der Waals surface area contributed by atoms with Crippen molar-refractivity contribution in [2.24, 2.45) is 0 Å². The second-order valence-electron chi connectivity index (χ2n) is 6.31. The number of nitrogens with zero attached hydrogens (tertiary/aromatic N) is 5. The number of hydrogen-bond acceptors (Lipinski definition) is 6. The van der Waals surface area contributed by atoms with Crippen molar-refractivity contribution in [3.8, 4) is 5.82 Å². The lowest BCUT2D eigenvalue weighted by molar-refractivity contribution is -0.143. The monoisotopic (exact) mass is 343 g/mol. The molecule has 7 nitrogen and oxygen atoms in total. The Morgan fingerprint density at radius 1 is 1.16 bits per heavy atom. The number of aryl methyl sites for hydroxylation is 1. The first kappa shape index (κ1) is 17.4. The predicted molar refractivity (Wildman–Crippen MR) is 95.0 cm³/mol. The van der Waals surface area contributed by atoms with E-state index in [2.05, 4.69) is 20.2 Å². The molecule has 0 bridgehead atoms. The molecular formula is C18H25N5O2. The molecule has 0 spiro atoms. The van der Waals surface area contributed by atoms with Gasteiger partial charge in [0.25, 0.3) is 0 Å². The topological polar surface area (TPSA) is 73.1 Å². The maximum Gasteiger partial charge on any atom is 0.306 e. The Kier molecular flexibility index (Phi) is 5.31. The van der Waals surface area contributed by atoms with E-state index in [1.165, 1.54) is 12.8 Å². The lowest BCUT2D eigenvalue weighted by Gasteiger charge is -2.15. The van der Waals surface area contributed by atoms with Crippen LogP contribution in [-0.4, -0.2) is 45.6 Å². The minimum absolute atomic E-state index is 0.177. The molecule has 0 radical (unpaired) electrons. The molecule has 0 aromatic carbocycles. The van der Waals surface area contributed by atoms with Gasteiger partial charge >= 0.3 is 5.97 Å². The van der Waals surface area contributed by atoms with Crippen molar-refractivity contribution in [3.63, 3.8) is 0 Å². The van der Waals surface area contributed by atoms with Crippen molar-refractivity contribution in [1.82, 2.24) is 20.0 Å². The highest BCUT2D eigenvalue weighted by Crippen LogP contribution is 2.21. The summed E-state index contributed by atoms with van der Waals surface area (Å²) in [5.74, 6) is 1.44. The van der Waals surface area contributed by atoms with Crippen LogP contribution in [0.3, 0.4) is 0 Å². The molecule has 0 saturated carbocycles. The van der Waals surface area contributed by atoms with E-state index in [9.17, 15) is 4.79 Å². The zero-order chi connectivity index (χ0) is 17.8. The SMILES string of the molecule is CCOC(=O)CCc1c(C)nn(-c2ccc(N3CCCC3)nn2)c1C. The summed E-state index contributed by atoms with van der Waals surface area (Å²) in [6, 6.07) is 3.96. The predicted octanol–water partition coefficient (Wildman–Crippen LogP) is 2.38. The highest BCUT2D eigenvalue weighted by atomic mass is 16.5. The summed E-state index contributed by atoms with van der Waals surface area (Å²) in [5.41, 5.74) is 2.97. The first-order valence-corrected chi connectivity index (χ1v) is 8.90. The summed E-state index contributed by atoms with van der Waals surface area (Å²) >= 11 is 0. The molecule has 1 saturated heterocycles. The third kappa shape index (κ3) is 3.81. The van der Waals surface area contributed by atoms with Crippen LogP contribution in [0.2, 0.25) is 0 Å². The van der Waals surface area contributed by atoms with E-state index in [-0.39, 0.29) is 5.97 Å². The lowest BCUT2D eigenvalue weighted by atomic mass is 10.1. The number of carbonyl (C=O) groups excluding carboxylic acids is 1. The van der Waals surface area contributed by atoms with Crippen molar-refractivity contribution >= 4 is 11.8 Å². The minimum Gasteiger partial charge on any atom is -0.466 e. The van der Waals surface area contributed by atoms with E-state index in [1.54, 1.807) is 4.68 Å². The van der Waals surface area contributed by atoms with Crippen molar-refractivity contribution < 1.29 is 9.53 Å². The molecule has 1 aliphatic rings. The van der Waals surface area contributed by atoms with Crippen molar-refractivity contribution in [2.75, 3.05) is 24.6 Å². The van der Waals surface area contributed by atoms with E-state index >= 15 is 0 Å². The van der Waals surface area contributed by atoms with Crippen molar-refractivity contribution in [2.45, 2.75) is 46.5 Å². The lowest BCUT2D eigenvalue weighted by Crippen LogP contribution is -2.19. The normalized spacial score (nSPS) is 14.1. The number of carbonyl (C=O) groups is 1. The van der Waals surface area contributed by atoms with E-state index in [1.807, 2.05) is 32.9 Å². The summed E-state index contributed by atoms with van der Waals surface area (Å²) in [4.78, 5) is 13.9. The van der Waals surface area contributed by atoms with Crippen LogP contribution in [0, 0.1) is 13.8 Å². The van der Waals surface area contributed by atoms with E-state index in [0.29, 0.717) is 25.3 Å². The molecule has 3 heterocycles. The number of anilines is 1. The number of ether oxygens (including phenoxy) is 1. The Labute approximate surface area is 148 Å². The molecule has 0 N–H and O–H groups in total. The maximum absolute atomic E-state index is 11.6. The van der Waals surface area contributed by atoms with Gasteiger partial charge in [-0.25, -0.2) is 4.68 Å². The van der Waals surface area contributed by atoms with Gasteiger partial charge in [-0.3, -0.25) is 4.79 Å². The van der Waals surface area contributed by atoms with Crippen LogP contribution in [0.1, 0.15) is 43.1 Å². The molecule has 0 amide bonds. The Bertz CT molecular complexity index is 733. The van der Waals surface area contributed by atoms with Gasteiger partial charge in [-0.15, -0.1) is 10.2 Å². The van der Waals surface area contributed by atoms with Gasteiger partial charge in [0.05, 0.1) is 12.3 Å². The number of aromatic nitrogens is 4. The summed E-state index contributed by atoms with van der Waals surface area (Å²) < 4.78 is 6.81. The average molecular weight is 343 g/mol. The summed E-state index contributed by atoms with van der Waals surface area (Å²) in [6.07, 6.45) is 3.41. The minimum atomic E-state index is -0.177. The Morgan fingerprint density at radius 3 is 2.48 bits per heavy atom. The maximum atomic E-state index is 11.6. The summed E-state index contributed by atoms with van der Waals surface area (Å²) in [7, 11) is 0. The number of esters is 1. The Balaban J connectivity index is 1.76. The highest BCUT2D eigenvalue weighted by Gasteiger charge is 2.17. The third-order valence-corrected chi connectivity index (χ3v) is 4.61. The van der Waals surface area contributed by atoms with Crippen LogP contribution >= 0.6 is 0 Å². The number of hydrogen-bond donors (Lipinski definition) is 0. The molecule has 0 aliphatic carbocycles. The van der Waals surface area contributed by atoms with Crippen LogP contribution in [-0.2, 0) is 16.0 Å². The largest absolute Gasteiger partial charge is 0.466 e. The second-order valence-corrected chi connectivity index (χ2v) is 6.31. The molecule has 7 heteroatoms. The average Bonchev–Trinajstić information content (AvgIpc) is 3.23. The molecule has 0 unspecified atom stereocenters. The van der Waals surface area contributed by atoms with Crippen molar-refractivity contribution in [3.05, 3.63) is 29.1 Å². The zero-order valence-corrected chi connectivity index (χ0v) is 15.2. The molecular weight excluding hydrogens is 318 g/mol. The molecule has 2 aromatic rings. The molecule has 3 rings (SSSR count). The fourth-order valence-corrected chi connectivity index (χ4v) is 3.27. The van der Waals surface area contributed by atoms with E-state index < -0.39 is 0 Å². The van der Waals surface area contributed by atoms with Gasteiger partial charge in [0.1, 0.15) is 0 Å². The molecule has 1 fully saturated rings. The van der Waals surface area contributed by atoms with Gasteiger partial charge < -0.3 is 9.64 Å². The molecule has 0 atom stereocenters. The highest BCUT2D eigenvalue weighted by molar-refractivity contribution is 5.69. The van der Waals surface area contributed by atoms with Crippen LogP contribution in [0.15, 0.2) is 12.1 Å². The zero-order valence-electron chi connectivity index (χ0n) is 15.2. The van der Waals surface area contributed by atoms with Crippen LogP contribution in [0.25, 0.3) is 5.82 Å². The smallest absolute Gasteiger partial charge is 0.306 e. The van der Waals surface area contributed by atoms with Gasteiger partial charge in [-0.1, -0.05) is 0 Å². The quantitative estimate of drug-likeness (QED) is 0.750. The Morgan fingerprint density at radius 2 is 1.84 bits per heavy atom. The van der Waals surface area contributed by atoms with Crippen LogP contribution < -0.4 is 4.90 Å². The molecule has 134 valence electrons. The summed E-state index contributed by atoms with van der Waals surface area (Å²) in [5, 5.41) is 13.3. The molecule has 25 heavy (non-hydrogen) atoms. The molecule has 1 aliphatic heterocycles. The standard InChI is InChI=1S/C18H25N5O2/c1-4-25-18(24)10-7-15-13(2)21-23(14(15)3)17-9-8-16(19-20-17)22-11-5-6-12-22/h8-9H,4-7,10-12H2,1-3H3. The van der Waals surface area contributed by atoms with Gasteiger partial charge in [-0.05, 0) is 57.7 Å². The second kappa shape index (κ2) is 7.63. The van der Waals surface area contributed by atoms with Crippen LogP contribution in [0.4, 0.5) is 5.82 Å². The fraction of sp³-hybridized carbons (Fsp3) is 0.556. The first-order chi connectivity index (χ1) is 12.1. The third-order valence-electron chi connectivity index (χ3n) is 4.61. The van der Waals surface area contributed by atoms with Crippen LogP contribution in [0.5, 0.6) is 0 Å². The fourth-order valence-electron chi connectivity index (χ4n) is 3.27. The number of rotatable bonds is 6. The van der Waals surface area contributed by atoms with Gasteiger partial charge in [0, 0.05) is 25.2 Å². The van der Waals surface area contributed by atoms with Gasteiger partial charge in [0.2, 0.25) is 0 Å². The first-order valence-electron chi connectivity index (χ1n) is 8.90. The Hall–Kier alpha value is -2.44. The van der Waals surface area contributed by atoms with E-state index in [0.717, 1.165) is 35.9 Å². The molecule has 2 aromatic heterocycles. The van der Waals surface area contributed by atoms with Gasteiger partial charge in [-0.2, -0.15) is 5.10 Å². The van der Waals surface area contributed by atoms with Crippen molar-refractivity contribution in [1.29, 1.82) is 0 Å². The van der Waals surface area contributed by atoms with Gasteiger partial charge in [0.15, 0.2) is 11.6 Å². The summed E-state index contributed by atoms with van der Waals surface area (Å²) in [6.45, 7) is 8.27. The van der Waals surface area contributed by atoms with E-state index in [4.69, 9.17) is 4.74 Å².